The fourth-order valence-corrected chi connectivity index (χ4v) is 2.86. The van der Waals surface area contributed by atoms with Crippen molar-refractivity contribution in [2.75, 3.05) is 6.54 Å². The highest BCUT2D eigenvalue weighted by Gasteiger charge is 2.19. The number of hydrogen-bond acceptors (Lipinski definition) is 3. The molecule has 1 heterocycles. The smallest absolute Gasteiger partial charge is 0.239 e. The number of rotatable bonds is 7. The highest BCUT2D eigenvalue weighted by Crippen LogP contribution is 2.22. The number of amides is 1. The molecular formula is C13H21ClN2OS. The van der Waals surface area contributed by atoms with Gasteiger partial charge in [0.05, 0.1) is 16.9 Å². The van der Waals surface area contributed by atoms with E-state index in [0.717, 1.165) is 28.5 Å². The summed E-state index contributed by atoms with van der Waals surface area (Å²) in [6.45, 7) is 5.35. The highest BCUT2D eigenvalue weighted by atomic mass is 35.5. The monoisotopic (exact) mass is 288 g/mol. The molecule has 1 aromatic rings. The van der Waals surface area contributed by atoms with E-state index in [1.807, 2.05) is 19.1 Å². The van der Waals surface area contributed by atoms with Crippen LogP contribution in [0, 0.1) is 0 Å². The molecule has 5 heteroatoms. The van der Waals surface area contributed by atoms with Crippen molar-refractivity contribution in [3.8, 4) is 0 Å². The highest BCUT2D eigenvalue weighted by molar-refractivity contribution is 7.16. The molecule has 0 saturated carbocycles. The molecule has 2 N–H and O–H groups in total. The first kappa shape index (κ1) is 15.5. The third-order valence-corrected chi connectivity index (χ3v) is 4.07. The maximum Gasteiger partial charge on any atom is 0.239 e. The van der Waals surface area contributed by atoms with Gasteiger partial charge in [-0.05, 0) is 25.5 Å². The maximum absolute atomic E-state index is 12.2. The van der Waals surface area contributed by atoms with Crippen LogP contribution < -0.4 is 5.73 Å². The minimum Gasteiger partial charge on any atom is -0.336 e. The van der Waals surface area contributed by atoms with E-state index >= 15 is 0 Å². The molecule has 1 unspecified atom stereocenters. The number of nitrogens with two attached hydrogens (primary N) is 1. The van der Waals surface area contributed by atoms with Crippen LogP contribution in [0.2, 0.25) is 4.34 Å². The number of unbranched alkanes of at least 4 members (excludes halogenated alkanes) is 1. The molecule has 0 radical (unpaired) electrons. The lowest BCUT2D eigenvalue weighted by Crippen LogP contribution is -2.43. The van der Waals surface area contributed by atoms with Gasteiger partial charge >= 0.3 is 0 Å². The van der Waals surface area contributed by atoms with Crippen LogP contribution in [-0.2, 0) is 11.3 Å². The van der Waals surface area contributed by atoms with Crippen molar-refractivity contribution in [3.63, 3.8) is 0 Å². The van der Waals surface area contributed by atoms with Gasteiger partial charge in [-0.1, -0.05) is 31.4 Å². The number of nitrogens with zero attached hydrogens (tertiary/aromatic N) is 1. The minimum absolute atomic E-state index is 0.0375. The lowest BCUT2D eigenvalue weighted by atomic mass is 10.1. The summed E-state index contributed by atoms with van der Waals surface area (Å²) in [5.74, 6) is 0.0375. The number of carbonyl (C=O) groups is 1. The lowest BCUT2D eigenvalue weighted by Gasteiger charge is -2.23. The van der Waals surface area contributed by atoms with Crippen LogP contribution in [0.5, 0.6) is 0 Å². The summed E-state index contributed by atoms with van der Waals surface area (Å²) in [7, 11) is 0. The average Bonchev–Trinajstić information content (AvgIpc) is 2.77. The van der Waals surface area contributed by atoms with Crippen LogP contribution in [0.1, 0.15) is 38.0 Å². The van der Waals surface area contributed by atoms with Gasteiger partial charge in [-0.3, -0.25) is 4.79 Å². The van der Waals surface area contributed by atoms with Gasteiger partial charge in [0.2, 0.25) is 5.91 Å². The Kier molecular flexibility index (Phi) is 6.68. The van der Waals surface area contributed by atoms with Crippen LogP contribution >= 0.6 is 22.9 Å². The summed E-state index contributed by atoms with van der Waals surface area (Å²) >= 11 is 7.40. The molecule has 3 nitrogen and oxygen atoms in total. The van der Waals surface area contributed by atoms with Crippen LogP contribution in [-0.4, -0.2) is 23.4 Å². The first-order chi connectivity index (χ1) is 8.58. The van der Waals surface area contributed by atoms with Gasteiger partial charge in [0.1, 0.15) is 0 Å². The van der Waals surface area contributed by atoms with Crippen LogP contribution in [0.25, 0.3) is 0 Å². The largest absolute Gasteiger partial charge is 0.336 e. The van der Waals surface area contributed by atoms with Crippen molar-refractivity contribution in [2.24, 2.45) is 5.73 Å². The molecule has 0 saturated heterocycles. The Morgan fingerprint density at radius 3 is 2.72 bits per heavy atom. The fraction of sp³-hybridized carbons (Fsp3) is 0.615. The molecule has 0 spiro atoms. The van der Waals surface area contributed by atoms with Crippen molar-refractivity contribution < 1.29 is 4.79 Å². The van der Waals surface area contributed by atoms with Gasteiger partial charge < -0.3 is 10.6 Å². The summed E-state index contributed by atoms with van der Waals surface area (Å²) in [5.41, 5.74) is 5.92. The molecule has 0 aromatic carbocycles. The van der Waals surface area contributed by atoms with Gasteiger partial charge in [0.25, 0.3) is 0 Å². The Bertz CT molecular complexity index is 381. The molecule has 18 heavy (non-hydrogen) atoms. The van der Waals surface area contributed by atoms with Crippen LogP contribution in [0.15, 0.2) is 12.1 Å². The second kappa shape index (κ2) is 7.77. The fourth-order valence-electron chi connectivity index (χ4n) is 1.75. The molecule has 0 fully saturated rings. The van der Waals surface area contributed by atoms with Crippen molar-refractivity contribution in [2.45, 2.75) is 45.7 Å². The normalized spacial score (nSPS) is 12.4. The number of halogens is 1. The molecule has 102 valence electrons. The van der Waals surface area contributed by atoms with E-state index < -0.39 is 0 Å². The molecule has 1 aromatic heterocycles. The number of likely N-dealkylation sites (N-methyl/N-ethyl adjacent to an activating group) is 1. The summed E-state index contributed by atoms with van der Waals surface area (Å²) in [6.07, 6.45) is 2.82. The Morgan fingerprint density at radius 2 is 2.22 bits per heavy atom. The molecular weight excluding hydrogens is 268 g/mol. The van der Waals surface area contributed by atoms with E-state index in [9.17, 15) is 4.79 Å². The van der Waals surface area contributed by atoms with Crippen molar-refractivity contribution >= 4 is 28.8 Å². The standard InChI is InChI=1S/C13H21ClN2OS/c1-3-5-6-11(15)13(17)16(4-2)9-10-7-8-12(14)18-10/h7-8,11H,3-6,9,15H2,1-2H3. The van der Waals surface area contributed by atoms with E-state index in [-0.39, 0.29) is 11.9 Å². The summed E-state index contributed by atoms with van der Waals surface area (Å²) in [5, 5.41) is 0. The first-order valence-corrected chi connectivity index (χ1v) is 7.56. The minimum atomic E-state index is -0.375. The van der Waals surface area contributed by atoms with Gasteiger partial charge in [-0.25, -0.2) is 0 Å². The lowest BCUT2D eigenvalue weighted by molar-refractivity contribution is -0.133. The van der Waals surface area contributed by atoms with Gasteiger partial charge in [-0.2, -0.15) is 0 Å². The summed E-state index contributed by atoms with van der Waals surface area (Å²) in [4.78, 5) is 15.1. The summed E-state index contributed by atoms with van der Waals surface area (Å²) < 4.78 is 0.754. The van der Waals surface area contributed by atoms with E-state index in [2.05, 4.69) is 6.92 Å². The average molecular weight is 289 g/mol. The molecule has 1 atom stereocenters. The Labute approximate surface area is 118 Å². The van der Waals surface area contributed by atoms with Gasteiger partial charge in [0, 0.05) is 11.4 Å². The molecule has 0 aliphatic carbocycles. The maximum atomic E-state index is 12.2. The predicted octanol–water partition coefficient (Wildman–Crippen LogP) is 3.27. The first-order valence-electron chi connectivity index (χ1n) is 6.37. The van der Waals surface area contributed by atoms with Gasteiger partial charge in [0.15, 0.2) is 0 Å². The van der Waals surface area contributed by atoms with E-state index in [1.165, 1.54) is 11.3 Å². The van der Waals surface area contributed by atoms with Crippen LogP contribution in [0.3, 0.4) is 0 Å². The quantitative estimate of drug-likeness (QED) is 0.837. The third-order valence-electron chi connectivity index (χ3n) is 2.85. The Hall–Kier alpha value is -0.580. The molecule has 0 bridgehead atoms. The van der Waals surface area contributed by atoms with Crippen LogP contribution in [0.4, 0.5) is 0 Å². The third kappa shape index (κ3) is 4.59. The molecule has 0 aliphatic heterocycles. The van der Waals surface area contributed by atoms with E-state index in [0.29, 0.717) is 13.1 Å². The van der Waals surface area contributed by atoms with Crippen molar-refractivity contribution in [3.05, 3.63) is 21.3 Å². The molecule has 0 aliphatic rings. The predicted molar refractivity (Wildman–Crippen MR) is 77.9 cm³/mol. The zero-order chi connectivity index (χ0) is 13.5. The molecule has 1 rings (SSSR count). The second-order valence-electron chi connectivity index (χ2n) is 4.31. The van der Waals surface area contributed by atoms with E-state index in [1.54, 1.807) is 4.90 Å². The van der Waals surface area contributed by atoms with Crippen molar-refractivity contribution in [1.29, 1.82) is 0 Å². The summed E-state index contributed by atoms with van der Waals surface area (Å²) in [6, 6.07) is 3.44. The SMILES string of the molecule is CCCCC(N)C(=O)N(CC)Cc1ccc(Cl)s1. The zero-order valence-corrected chi connectivity index (χ0v) is 12.6. The zero-order valence-electron chi connectivity index (χ0n) is 11.0. The Morgan fingerprint density at radius 1 is 1.50 bits per heavy atom. The van der Waals surface area contributed by atoms with Crippen molar-refractivity contribution in [1.82, 2.24) is 4.90 Å². The Balaban J connectivity index is 2.57. The van der Waals surface area contributed by atoms with Gasteiger partial charge in [-0.15, -0.1) is 11.3 Å². The number of hydrogen-bond donors (Lipinski definition) is 1. The number of carbonyl (C=O) groups excluding carboxylic acids is 1. The molecule has 1 amide bonds. The number of thiophene rings is 1. The topological polar surface area (TPSA) is 46.3 Å². The van der Waals surface area contributed by atoms with E-state index in [4.69, 9.17) is 17.3 Å². The second-order valence-corrected chi connectivity index (χ2v) is 6.11.